The maximum absolute atomic E-state index is 11.1. The molecule has 0 aliphatic heterocycles. The highest BCUT2D eigenvalue weighted by atomic mass is 16.5. The molecule has 0 aromatic rings. The molecule has 0 N–H and O–H groups in total. The lowest BCUT2D eigenvalue weighted by molar-refractivity contribution is -0.141. The molecule has 0 radical (unpaired) electrons. The molecule has 14 heavy (non-hydrogen) atoms. The number of carbonyl (C=O) groups is 3. The molecule has 0 saturated carbocycles. The van der Waals surface area contributed by atoms with E-state index >= 15 is 0 Å². The number of Topliss-reactive ketones (excluding diaryl/α,β-unsaturated/α-hetero) is 2. The number of ether oxygens (including phenoxy) is 1. The number of hydrogen-bond donors (Lipinski definition) is 0. The zero-order chi connectivity index (χ0) is 11.0. The van der Waals surface area contributed by atoms with E-state index in [2.05, 4.69) is 4.74 Å². The number of methoxy groups -OCH3 is 1. The molecule has 4 nitrogen and oxygen atoms in total. The Morgan fingerprint density at radius 1 is 0.929 bits per heavy atom. The molecule has 0 amide bonds. The van der Waals surface area contributed by atoms with Gasteiger partial charge in [-0.15, -0.1) is 0 Å². The fourth-order valence-corrected chi connectivity index (χ4v) is 0.924. The standard InChI is InChI=1S/C10H16O4/c1-3-8(11)4-5-9(12)6-7-10(13)14-2/h3-7H2,1-2H3. The second-order valence-electron chi connectivity index (χ2n) is 3.01. The minimum absolute atomic E-state index is 0.0581. The molecule has 0 aromatic carbocycles. The zero-order valence-corrected chi connectivity index (χ0v) is 8.67. The van der Waals surface area contributed by atoms with E-state index in [1.54, 1.807) is 6.92 Å². The van der Waals surface area contributed by atoms with Crippen LogP contribution < -0.4 is 0 Å². The van der Waals surface area contributed by atoms with Crippen LogP contribution in [0.5, 0.6) is 0 Å². The van der Waals surface area contributed by atoms with Crippen molar-refractivity contribution in [3.63, 3.8) is 0 Å². The van der Waals surface area contributed by atoms with Crippen molar-refractivity contribution in [3.8, 4) is 0 Å². The van der Waals surface area contributed by atoms with Crippen LogP contribution >= 0.6 is 0 Å². The first kappa shape index (κ1) is 12.8. The zero-order valence-electron chi connectivity index (χ0n) is 8.67. The van der Waals surface area contributed by atoms with Crippen LogP contribution in [0.4, 0.5) is 0 Å². The van der Waals surface area contributed by atoms with Gasteiger partial charge in [-0.3, -0.25) is 14.4 Å². The van der Waals surface area contributed by atoms with Gasteiger partial charge in [-0.1, -0.05) is 6.92 Å². The highest BCUT2D eigenvalue weighted by Crippen LogP contribution is 2.01. The molecular weight excluding hydrogens is 184 g/mol. The molecule has 80 valence electrons. The van der Waals surface area contributed by atoms with Crippen LogP contribution in [0.15, 0.2) is 0 Å². The molecule has 0 atom stereocenters. The summed E-state index contributed by atoms with van der Waals surface area (Å²) in [6.07, 6.45) is 1.27. The van der Waals surface area contributed by atoms with E-state index in [1.807, 2.05) is 0 Å². The number of hydrogen-bond acceptors (Lipinski definition) is 4. The van der Waals surface area contributed by atoms with Crippen LogP contribution in [0.2, 0.25) is 0 Å². The Labute approximate surface area is 83.6 Å². The maximum Gasteiger partial charge on any atom is 0.305 e. The van der Waals surface area contributed by atoms with Gasteiger partial charge in [-0.05, 0) is 0 Å². The molecule has 0 bridgehead atoms. The van der Waals surface area contributed by atoms with Crippen molar-refractivity contribution in [1.29, 1.82) is 0 Å². The summed E-state index contributed by atoms with van der Waals surface area (Å²) < 4.78 is 4.39. The fourth-order valence-electron chi connectivity index (χ4n) is 0.924. The van der Waals surface area contributed by atoms with Crippen LogP contribution in [0, 0.1) is 0 Å². The van der Waals surface area contributed by atoms with E-state index in [9.17, 15) is 14.4 Å². The van der Waals surface area contributed by atoms with Gasteiger partial charge < -0.3 is 4.74 Å². The molecule has 4 heteroatoms. The summed E-state index contributed by atoms with van der Waals surface area (Å²) in [4.78, 5) is 32.7. The number of rotatable bonds is 7. The van der Waals surface area contributed by atoms with E-state index in [0.717, 1.165) is 0 Å². The van der Waals surface area contributed by atoms with Gasteiger partial charge in [0.05, 0.1) is 13.5 Å². The molecule has 0 heterocycles. The summed E-state index contributed by atoms with van der Waals surface area (Å²) >= 11 is 0. The Hall–Kier alpha value is -1.19. The summed E-state index contributed by atoms with van der Waals surface area (Å²) in [6, 6.07) is 0. The minimum atomic E-state index is -0.389. The lowest BCUT2D eigenvalue weighted by Crippen LogP contribution is -2.07. The van der Waals surface area contributed by atoms with Crippen molar-refractivity contribution in [1.82, 2.24) is 0 Å². The van der Waals surface area contributed by atoms with Crippen molar-refractivity contribution in [2.45, 2.75) is 39.0 Å². The fraction of sp³-hybridized carbons (Fsp3) is 0.700. The minimum Gasteiger partial charge on any atom is -0.469 e. The van der Waals surface area contributed by atoms with Gasteiger partial charge in [0.25, 0.3) is 0 Å². The molecule has 0 saturated heterocycles. The Kier molecular flexibility index (Phi) is 6.62. The van der Waals surface area contributed by atoms with Gasteiger partial charge in [0, 0.05) is 25.7 Å². The van der Waals surface area contributed by atoms with Crippen LogP contribution in [0.3, 0.4) is 0 Å². The Morgan fingerprint density at radius 3 is 1.93 bits per heavy atom. The normalized spacial score (nSPS) is 9.57. The smallest absolute Gasteiger partial charge is 0.305 e. The molecule has 0 aliphatic carbocycles. The molecule has 0 rings (SSSR count). The Bertz CT molecular complexity index is 198. The molecule has 0 aromatic heterocycles. The summed E-state index contributed by atoms with van der Waals surface area (Å²) in [5.74, 6) is -0.367. The Morgan fingerprint density at radius 2 is 1.43 bits per heavy atom. The molecule has 0 aliphatic rings. The second-order valence-corrected chi connectivity index (χ2v) is 3.01. The third kappa shape index (κ3) is 6.34. The summed E-state index contributed by atoms with van der Waals surface area (Å²) in [5.41, 5.74) is 0. The SMILES string of the molecule is CCC(=O)CCC(=O)CCC(=O)OC. The van der Waals surface area contributed by atoms with Crippen molar-refractivity contribution < 1.29 is 19.1 Å². The van der Waals surface area contributed by atoms with E-state index in [4.69, 9.17) is 0 Å². The van der Waals surface area contributed by atoms with Gasteiger partial charge in [-0.2, -0.15) is 0 Å². The first-order valence-electron chi connectivity index (χ1n) is 4.70. The van der Waals surface area contributed by atoms with E-state index in [1.165, 1.54) is 7.11 Å². The van der Waals surface area contributed by atoms with Crippen molar-refractivity contribution in [2.24, 2.45) is 0 Å². The van der Waals surface area contributed by atoms with Gasteiger partial charge in [0.2, 0.25) is 0 Å². The lowest BCUT2D eigenvalue weighted by atomic mass is 10.1. The predicted molar refractivity (Wildman–Crippen MR) is 50.8 cm³/mol. The quantitative estimate of drug-likeness (QED) is 0.580. The third-order valence-corrected chi connectivity index (χ3v) is 1.91. The number of carbonyl (C=O) groups excluding carboxylic acids is 3. The maximum atomic E-state index is 11.1. The van der Waals surface area contributed by atoms with Crippen LogP contribution in [0.25, 0.3) is 0 Å². The average Bonchev–Trinajstić information content (AvgIpc) is 2.22. The lowest BCUT2D eigenvalue weighted by Gasteiger charge is -1.99. The topological polar surface area (TPSA) is 60.4 Å². The van der Waals surface area contributed by atoms with Gasteiger partial charge in [0.1, 0.15) is 11.6 Å². The summed E-state index contributed by atoms with van der Waals surface area (Å²) in [6.45, 7) is 1.77. The van der Waals surface area contributed by atoms with Crippen LogP contribution in [-0.4, -0.2) is 24.6 Å². The molecule has 0 fully saturated rings. The second kappa shape index (κ2) is 7.24. The molecular formula is C10H16O4. The highest BCUT2D eigenvalue weighted by Gasteiger charge is 2.08. The average molecular weight is 200 g/mol. The van der Waals surface area contributed by atoms with Crippen molar-refractivity contribution in [2.75, 3.05) is 7.11 Å². The predicted octanol–water partition coefficient (Wildman–Crippen LogP) is 1.27. The van der Waals surface area contributed by atoms with E-state index < -0.39 is 0 Å². The molecule has 0 spiro atoms. The van der Waals surface area contributed by atoms with Crippen molar-refractivity contribution in [3.05, 3.63) is 0 Å². The van der Waals surface area contributed by atoms with Crippen LogP contribution in [-0.2, 0) is 19.1 Å². The first-order chi connectivity index (χ1) is 6.60. The van der Waals surface area contributed by atoms with Crippen LogP contribution in [0.1, 0.15) is 39.0 Å². The van der Waals surface area contributed by atoms with Crippen molar-refractivity contribution >= 4 is 17.5 Å². The van der Waals surface area contributed by atoms with E-state index in [0.29, 0.717) is 6.42 Å². The number of ketones is 2. The monoisotopic (exact) mass is 200 g/mol. The summed E-state index contributed by atoms with van der Waals surface area (Å²) in [5, 5.41) is 0. The summed E-state index contributed by atoms with van der Waals surface area (Å²) in [7, 11) is 1.29. The van der Waals surface area contributed by atoms with Gasteiger partial charge in [0.15, 0.2) is 0 Å². The first-order valence-corrected chi connectivity index (χ1v) is 4.70. The van der Waals surface area contributed by atoms with Gasteiger partial charge >= 0.3 is 5.97 Å². The van der Waals surface area contributed by atoms with Gasteiger partial charge in [-0.25, -0.2) is 0 Å². The Balaban J connectivity index is 3.56. The largest absolute Gasteiger partial charge is 0.469 e. The molecule has 0 unspecified atom stereocenters. The highest BCUT2D eigenvalue weighted by molar-refractivity contribution is 5.87. The van der Waals surface area contributed by atoms with E-state index in [-0.39, 0.29) is 43.2 Å². The number of esters is 1. The third-order valence-electron chi connectivity index (χ3n) is 1.91.